The number of likely N-dealkylation sites (tertiary alicyclic amines) is 2. The summed E-state index contributed by atoms with van der Waals surface area (Å²) in [7, 11) is 0. The van der Waals surface area contributed by atoms with Crippen molar-refractivity contribution in [3.05, 3.63) is 48.3 Å². The van der Waals surface area contributed by atoms with Gasteiger partial charge in [-0.3, -0.25) is 14.6 Å². The molecule has 0 N–H and O–H groups in total. The molecule has 2 saturated heterocycles. The standard InChI is InChI=1S/C21H27N5O2/c1-15(2)26-12-19(23-14-26)18-11-25(16(3)27)13-21(18)6-9-24(20(21)28)10-17-4-7-22-8-5-17/h4-5,7-8,12,14-15,18H,6,9-11,13H2,1-3H3/t18-,21-/m1/s1. The van der Waals surface area contributed by atoms with Crippen molar-refractivity contribution in [1.29, 1.82) is 0 Å². The lowest BCUT2D eigenvalue weighted by atomic mass is 9.75. The summed E-state index contributed by atoms with van der Waals surface area (Å²) in [5.41, 5.74) is 1.41. The largest absolute Gasteiger partial charge is 0.341 e. The molecule has 2 aromatic rings. The second-order valence-corrected chi connectivity index (χ2v) is 8.28. The third kappa shape index (κ3) is 3.08. The predicted octanol–water partition coefficient (Wildman–Crippen LogP) is 2.22. The first-order valence-electron chi connectivity index (χ1n) is 9.88. The molecule has 2 atom stereocenters. The summed E-state index contributed by atoms with van der Waals surface area (Å²) in [6.45, 7) is 8.11. The van der Waals surface area contributed by atoms with E-state index in [1.54, 1.807) is 19.3 Å². The first-order valence-corrected chi connectivity index (χ1v) is 9.88. The molecule has 28 heavy (non-hydrogen) atoms. The summed E-state index contributed by atoms with van der Waals surface area (Å²) >= 11 is 0. The molecular weight excluding hydrogens is 354 g/mol. The number of carbonyl (C=O) groups is 2. The quantitative estimate of drug-likeness (QED) is 0.814. The Bertz CT molecular complexity index is 878. The number of pyridine rings is 1. The van der Waals surface area contributed by atoms with Gasteiger partial charge in [0, 0.05) is 63.7 Å². The summed E-state index contributed by atoms with van der Waals surface area (Å²) < 4.78 is 2.06. The van der Waals surface area contributed by atoms with Crippen molar-refractivity contribution in [3.8, 4) is 0 Å². The molecule has 2 fully saturated rings. The number of imidazole rings is 1. The molecule has 2 aliphatic rings. The highest BCUT2D eigenvalue weighted by Gasteiger charge is 2.58. The molecule has 0 aromatic carbocycles. The Kier molecular flexibility index (Phi) is 4.69. The SMILES string of the molecule is CC(=O)N1C[C@H](c2cn(C(C)C)cn2)[C@@]2(CCN(Cc3ccncc3)C2=O)C1. The van der Waals surface area contributed by atoms with E-state index in [0.717, 1.165) is 17.7 Å². The molecule has 0 saturated carbocycles. The number of amides is 2. The lowest BCUT2D eigenvalue weighted by Gasteiger charge is -2.27. The van der Waals surface area contributed by atoms with Crippen LogP contribution in [0.25, 0.3) is 0 Å². The maximum Gasteiger partial charge on any atom is 0.231 e. The third-order valence-corrected chi connectivity index (χ3v) is 6.23. The summed E-state index contributed by atoms with van der Waals surface area (Å²) in [6.07, 6.45) is 8.12. The molecule has 0 bridgehead atoms. The van der Waals surface area contributed by atoms with E-state index in [1.807, 2.05) is 34.5 Å². The fourth-order valence-electron chi connectivity index (χ4n) is 4.53. The molecule has 0 radical (unpaired) electrons. The fourth-order valence-corrected chi connectivity index (χ4v) is 4.53. The third-order valence-electron chi connectivity index (χ3n) is 6.23. The minimum atomic E-state index is -0.575. The molecule has 4 heterocycles. The first-order chi connectivity index (χ1) is 13.4. The van der Waals surface area contributed by atoms with E-state index in [4.69, 9.17) is 0 Å². The van der Waals surface area contributed by atoms with Crippen molar-refractivity contribution >= 4 is 11.8 Å². The maximum atomic E-state index is 13.6. The second kappa shape index (κ2) is 7.04. The number of hydrogen-bond acceptors (Lipinski definition) is 4. The molecule has 7 heteroatoms. The van der Waals surface area contributed by atoms with E-state index in [9.17, 15) is 9.59 Å². The molecule has 2 aromatic heterocycles. The molecule has 0 unspecified atom stereocenters. The normalized spacial score (nSPS) is 24.7. The van der Waals surface area contributed by atoms with Crippen LogP contribution in [0.1, 0.15) is 50.4 Å². The Labute approximate surface area is 165 Å². The van der Waals surface area contributed by atoms with Crippen LogP contribution in [0.15, 0.2) is 37.1 Å². The van der Waals surface area contributed by atoms with E-state index < -0.39 is 5.41 Å². The van der Waals surface area contributed by atoms with Gasteiger partial charge in [-0.1, -0.05) is 0 Å². The zero-order chi connectivity index (χ0) is 19.9. The smallest absolute Gasteiger partial charge is 0.231 e. The van der Waals surface area contributed by atoms with Gasteiger partial charge >= 0.3 is 0 Å². The highest BCUT2D eigenvalue weighted by Crippen LogP contribution is 2.49. The average Bonchev–Trinajstić information content (AvgIpc) is 3.37. The van der Waals surface area contributed by atoms with Gasteiger partial charge in [0.05, 0.1) is 17.4 Å². The summed E-state index contributed by atoms with van der Waals surface area (Å²) in [4.78, 5) is 38.1. The van der Waals surface area contributed by atoms with Crippen LogP contribution in [-0.2, 0) is 16.1 Å². The van der Waals surface area contributed by atoms with E-state index >= 15 is 0 Å². The summed E-state index contributed by atoms with van der Waals surface area (Å²) in [6, 6.07) is 4.19. The number of nitrogens with zero attached hydrogens (tertiary/aromatic N) is 5. The van der Waals surface area contributed by atoms with Crippen LogP contribution in [-0.4, -0.2) is 55.8 Å². The van der Waals surface area contributed by atoms with Crippen molar-refractivity contribution in [2.75, 3.05) is 19.6 Å². The monoisotopic (exact) mass is 381 g/mol. The van der Waals surface area contributed by atoms with Crippen LogP contribution in [0.5, 0.6) is 0 Å². The number of hydrogen-bond donors (Lipinski definition) is 0. The van der Waals surface area contributed by atoms with Gasteiger partial charge in [-0.2, -0.15) is 0 Å². The molecule has 4 rings (SSSR count). The molecule has 1 spiro atoms. The van der Waals surface area contributed by atoms with Gasteiger partial charge in [0.15, 0.2) is 0 Å². The first kappa shape index (κ1) is 18.7. The van der Waals surface area contributed by atoms with Gasteiger partial charge in [-0.15, -0.1) is 0 Å². The number of carbonyl (C=O) groups excluding carboxylic acids is 2. The number of aromatic nitrogens is 3. The van der Waals surface area contributed by atoms with E-state index in [2.05, 4.69) is 28.4 Å². The summed E-state index contributed by atoms with van der Waals surface area (Å²) in [5.74, 6) is 0.0917. The fraction of sp³-hybridized carbons (Fsp3) is 0.524. The topological polar surface area (TPSA) is 71.3 Å². The van der Waals surface area contributed by atoms with Crippen molar-refractivity contribution in [1.82, 2.24) is 24.3 Å². The van der Waals surface area contributed by atoms with E-state index in [0.29, 0.717) is 32.2 Å². The van der Waals surface area contributed by atoms with Crippen LogP contribution in [0, 0.1) is 5.41 Å². The second-order valence-electron chi connectivity index (χ2n) is 8.28. The van der Waals surface area contributed by atoms with Gasteiger partial charge < -0.3 is 14.4 Å². The zero-order valence-corrected chi connectivity index (χ0v) is 16.7. The average molecular weight is 381 g/mol. The highest BCUT2D eigenvalue weighted by atomic mass is 16.2. The van der Waals surface area contributed by atoms with E-state index in [-0.39, 0.29) is 17.7 Å². The Morgan fingerprint density at radius 3 is 2.71 bits per heavy atom. The van der Waals surface area contributed by atoms with Gasteiger partial charge in [-0.05, 0) is 38.0 Å². The number of rotatable bonds is 4. The molecule has 2 amide bonds. The van der Waals surface area contributed by atoms with Gasteiger partial charge in [0.2, 0.25) is 11.8 Å². The van der Waals surface area contributed by atoms with Crippen LogP contribution in [0.2, 0.25) is 0 Å². The summed E-state index contributed by atoms with van der Waals surface area (Å²) in [5, 5.41) is 0. The predicted molar refractivity (Wildman–Crippen MR) is 104 cm³/mol. The Hall–Kier alpha value is -2.70. The minimum Gasteiger partial charge on any atom is -0.341 e. The van der Waals surface area contributed by atoms with Gasteiger partial charge in [-0.25, -0.2) is 4.98 Å². The van der Waals surface area contributed by atoms with Crippen LogP contribution in [0.3, 0.4) is 0 Å². The molecule has 2 aliphatic heterocycles. The van der Waals surface area contributed by atoms with Crippen molar-refractivity contribution in [3.63, 3.8) is 0 Å². The van der Waals surface area contributed by atoms with E-state index in [1.165, 1.54) is 0 Å². The van der Waals surface area contributed by atoms with Gasteiger partial charge in [0.1, 0.15) is 0 Å². The van der Waals surface area contributed by atoms with Crippen LogP contribution >= 0.6 is 0 Å². The zero-order valence-electron chi connectivity index (χ0n) is 16.7. The minimum absolute atomic E-state index is 0.0190. The van der Waals surface area contributed by atoms with Crippen molar-refractivity contribution in [2.24, 2.45) is 5.41 Å². The molecular formula is C21H27N5O2. The van der Waals surface area contributed by atoms with Crippen LogP contribution < -0.4 is 0 Å². The Morgan fingerprint density at radius 2 is 2.07 bits per heavy atom. The van der Waals surface area contributed by atoms with Crippen molar-refractivity contribution < 1.29 is 9.59 Å². The van der Waals surface area contributed by atoms with Gasteiger partial charge in [0.25, 0.3) is 0 Å². The van der Waals surface area contributed by atoms with Crippen molar-refractivity contribution in [2.45, 2.75) is 45.7 Å². The Balaban J connectivity index is 1.64. The molecule has 148 valence electrons. The lowest BCUT2D eigenvalue weighted by Crippen LogP contribution is -2.40. The van der Waals surface area contributed by atoms with Crippen LogP contribution in [0.4, 0.5) is 0 Å². The lowest BCUT2D eigenvalue weighted by molar-refractivity contribution is -0.137. The Morgan fingerprint density at radius 1 is 1.32 bits per heavy atom. The molecule has 7 nitrogen and oxygen atoms in total. The highest BCUT2D eigenvalue weighted by molar-refractivity contribution is 5.88. The molecule has 0 aliphatic carbocycles. The maximum absolute atomic E-state index is 13.6.